The average molecular weight is 494 g/mol. The van der Waals surface area contributed by atoms with Gasteiger partial charge in [0.15, 0.2) is 0 Å². The third kappa shape index (κ3) is 6.19. The zero-order valence-corrected chi connectivity index (χ0v) is 19.0. The Hall–Kier alpha value is -3.73. The number of carbonyl (C=O) groups excluding carboxylic acids is 1. The fourth-order valence-electron chi connectivity index (χ4n) is 2.98. The van der Waals surface area contributed by atoms with E-state index in [1.54, 1.807) is 24.3 Å². The molecule has 0 fully saturated rings. The van der Waals surface area contributed by atoms with E-state index >= 15 is 0 Å². The molecule has 34 heavy (non-hydrogen) atoms. The minimum Gasteiger partial charge on any atom is -0.497 e. The molecule has 180 valence electrons. The second-order valence-corrected chi connectivity index (χ2v) is 9.04. The van der Waals surface area contributed by atoms with Crippen molar-refractivity contribution in [1.82, 2.24) is 5.32 Å². The lowest BCUT2D eigenvalue weighted by molar-refractivity contribution is -0.274. The fraction of sp³-hybridized carbons (Fsp3) is 0.174. The lowest BCUT2D eigenvalue weighted by Gasteiger charge is -2.20. The molecule has 0 aliphatic heterocycles. The molecule has 7 nitrogen and oxygen atoms in total. The van der Waals surface area contributed by atoms with Gasteiger partial charge in [-0.05, 0) is 60.2 Å². The number of hydrogen-bond acceptors (Lipinski definition) is 5. The van der Waals surface area contributed by atoms with Gasteiger partial charge in [0.25, 0.3) is 15.9 Å². The Kier molecular flexibility index (Phi) is 7.35. The number of amides is 1. The number of nitrogens with zero attached hydrogens (tertiary/aromatic N) is 1. The van der Waals surface area contributed by atoms with Gasteiger partial charge in [0.05, 0.1) is 17.7 Å². The Morgan fingerprint density at radius 3 is 2.18 bits per heavy atom. The number of carbonyl (C=O) groups is 1. The van der Waals surface area contributed by atoms with Crippen LogP contribution in [0.4, 0.5) is 18.9 Å². The summed E-state index contributed by atoms with van der Waals surface area (Å²) in [7, 11) is -1.05. The summed E-state index contributed by atoms with van der Waals surface area (Å²) in [6.07, 6.45) is -4.79. The monoisotopic (exact) mass is 494 g/mol. The van der Waals surface area contributed by atoms with Gasteiger partial charge in [0.1, 0.15) is 11.5 Å². The normalized spacial score (nSPS) is 11.6. The van der Waals surface area contributed by atoms with Gasteiger partial charge >= 0.3 is 6.36 Å². The van der Waals surface area contributed by atoms with Crippen LogP contribution in [0.5, 0.6) is 11.5 Å². The van der Waals surface area contributed by atoms with Crippen molar-refractivity contribution in [1.29, 1.82) is 0 Å². The van der Waals surface area contributed by atoms with Gasteiger partial charge in [0.2, 0.25) is 0 Å². The zero-order valence-electron chi connectivity index (χ0n) is 18.2. The summed E-state index contributed by atoms with van der Waals surface area (Å²) in [4.78, 5) is 12.5. The summed E-state index contributed by atoms with van der Waals surface area (Å²) in [5.74, 6) is -0.336. The largest absolute Gasteiger partial charge is 0.573 e. The molecule has 0 unspecified atom stereocenters. The van der Waals surface area contributed by atoms with Gasteiger partial charge in [-0.1, -0.05) is 18.2 Å². The van der Waals surface area contributed by atoms with Crippen LogP contribution in [0.15, 0.2) is 77.7 Å². The molecule has 0 aliphatic carbocycles. The zero-order chi connectivity index (χ0) is 24.9. The maximum Gasteiger partial charge on any atom is 0.573 e. The summed E-state index contributed by atoms with van der Waals surface area (Å²) < 4.78 is 72.8. The van der Waals surface area contributed by atoms with Gasteiger partial charge in [-0.3, -0.25) is 9.10 Å². The molecule has 1 N–H and O–H groups in total. The van der Waals surface area contributed by atoms with E-state index in [-0.39, 0.29) is 22.8 Å². The van der Waals surface area contributed by atoms with Gasteiger partial charge in [-0.15, -0.1) is 13.2 Å². The number of sulfonamides is 1. The van der Waals surface area contributed by atoms with E-state index in [1.165, 1.54) is 50.6 Å². The van der Waals surface area contributed by atoms with Crippen molar-refractivity contribution < 1.29 is 35.9 Å². The Labute approximate surface area is 194 Å². The lowest BCUT2D eigenvalue weighted by Crippen LogP contribution is -2.27. The second-order valence-electron chi connectivity index (χ2n) is 7.07. The third-order valence-electron chi connectivity index (χ3n) is 4.80. The Morgan fingerprint density at radius 2 is 1.59 bits per heavy atom. The molecule has 0 saturated heterocycles. The van der Waals surface area contributed by atoms with E-state index in [0.29, 0.717) is 17.0 Å². The first-order chi connectivity index (χ1) is 16.0. The Balaban J connectivity index is 1.69. The highest BCUT2D eigenvalue weighted by Gasteiger charge is 2.31. The number of anilines is 1. The highest BCUT2D eigenvalue weighted by Crippen LogP contribution is 2.25. The van der Waals surface area contributed by atoms with E-state index < -0.39 is 22.3 Å². The smallest absolute Gasteiger partial charge is 0.497 e. The molecule has 0 saturated carbocycles. The molecule has 3 rings (SSSR count). The predicted molar refractivity (Wildman–Crippen MR) is 119 cm³/mol. The average Bonchev–Trinajstić information content (AvgIpc) is 2.82. The molecule has 0 bridgehead atoms. The number of rotatable bonds is 8. The van der Waals surface area contributed by atoms with Gasteiger partial charge in [-0.2, -0.15) is 0 Å². The molecule has 1 amide bonds. The third-order valence-corrected chi connectivity index (χ3v) is 6.58. The Morgan fingerprint density at radius 1 is 0.971 bits per heavy atom. The summed E-state index contributed by atoms with van der Waals surface area (Å²) in [6.45, 7) is 0.0217. The standard InChI is InChI=1S/C23H21F3N2O5S/c1-28(18-8-12-19(32-2)13-9-18)34(30,31)21-5-3-4-17(14-21)22(29)27-15-16-6-10-20(11-7-16)33-23(24,25)26/h3-14H,15H2,1-2H3,(H,27,29). The van der Waals surface area contributed by atoms with Crippen molar-refractivity contribution in [2.45, 2.75) is 17.8 Å². The number of nitrogens with one attached hydrogen (secondary N) is 1. The molecule has 3 aromatic carbocycles. The predicted octanol–water partition coefficient (Wildman–Crippen LogP) is 4.35. The minimum atomic E-state index is -4.79. The van der Waals surface area contributed by atoms with Gasteiger partial charge < -0.3 is 14.8 Å². The van der Waals surface area contributed by atoms with Crippen LogP contribution in [-0.4, -0.2) is 34.8 Å². The Bertz CT molecular complexity index is 1240. The van der Waals surface area contributed by atoms with Crippen molar-refractivity contribution in [3.63, 3.8) is 0 Å². The quantitative estimate of drug-likeness (QED) is 0.503. The maximum absolute atomic E-state index is 13.0. The van der Waals surface area contributed by atoms with E-state index in [1.807, 2.05) is 0 Å². The van der Waals surface area contributed by atoms with Crippen LogP contribution in [0, 0.1) is 0 Å². The molecule has 0 atom stereocenters. The molecule has 0 radical (unpaired) electrons. The molecule has 3 aromatic rings. The van der Waals surface area contributed by atoms with Crippen molar-refractivity contribution in [3.05, 3.63) is 83.9 Å². The highest BCUT2D eigenvalue weighted by atomic mass is 32.2. The number of alkyl halides is 3. The van der Waals surface area contributed by atoms with Crippen LogP contribution in [0.2, 0.25) is 0 Å². The molecule has 11 heteroatoms. The lowest BCUT2D eigenvalue weighted by atomic mass is 10.2. The maximum atomic E-state index is 13.0. The molecule has 0 spiro atoms. The highest BCUT2D eigenvalue weighted by molar-refractivity contribution is 7.92. The van der Waals surface area contributed by atoms with E-state index in [0.717, 1.165) is 16.4 Å². The van der Waals surface area contributed by atoms with Gasteiger partial charge in [-0.25, -0.2) is 8.42 Å². The van der Waals surface area contributed by atoms with E-state index in [2.05, 4.69) is 10.1 Å². The van der Waals surface area contributed by atoms with Crippen LogP contribution in [0.1, 0.15) is 15.9 Å². The topological polar surface area (TPSA) is 84.9 Å². The molecular formula is C23H21F3N2O5S. The van der Waals surface area contributed by atoms with Crippen LogP contribution >= 0.6 is 0 Å². The number of methoxy groups -OCH3 is 1. The minimum absolute atomic E-state index is 0.0217. The number of benzene rings is 3. The molecule has 0 aromatic heterocycles. The van der Waals surface area contributed by atoms with Crippen LogP contribution in [0.25, 0.3) is 0 Å². The van der Waals surface area contributed by atoms with Crippen molar-refractivity contribution in [3.8, 4) is 11.5 Å². The fourth-order valence-corrected chi connectivity index (χ4v) is 4.22. The molecular weight excluding hydrogens is 473 g/mol. The van der Waals surface area contributed by atoms with E-state index in [9.17, 15) is 26.4 Å². The summed E-state index contributed by atoms with van der Waals surface area (Å²) in [5.41, 5.74) is 1.06. The SMILES string of the molecule is COc1ccc(N(C)S(=O)(=O)c2cccc(C(=O)NCc3ccc(OC(F)(F)F)cc3)c2)cc1. The van der Waals surface area contributed by atoms with Crippen molar-refractivity contribution >= 4 is 21.6 Å². The van der Waals surface area contributed by atoms with Gasteiger partial charge in [0, 0.05) is 19.2 Å². The van der Waals surface area contributed by atoms with Crippen molar-refractivity contribution in [2.24, 2.45) is 0 Å². The first-order valence-electron chi connectivity index (χ1n) is 9.85. The molecule has 0 heterocycles. The first-order valence-corrected chi connectivity index (χ1v) is 11.3. The number of halogens is 3. The van der Waals surface area contributed by atoms with Crippen molar-refractivity contribution in [2.75, 3.05) is 18.5 Å². The van der Waals surface area contributed by atoms with Crippen LogP contribution < -0.4 is 19.1 Å². The summed E-state index contributed by atoms with van der Waals surface area (Å²) >= 11 is 0. The first kappa shape index (κ1) is 24.9. The number of hydrogen-bond donors (Lipinski definition) is 1. The second kappa shape index (κ2) is 10.0. The van der Waals surface area contributed by atoms with Crippen LogP contribution in [0.3, 0.4) is 0 Å². The number of ether oxygens (including phenoxy) is 2. The summed E-state index contributed by atoms with van der Waals surface area (Å²) in [5, 5.41) is 2.61. The van der Waals surface area contributed by atoms with Crippen LogP contribution in [-0.2, 0) is 16.6 Å². The molecule has 0 aliphatic rings. The summed E-state index contributed by atoms with van der Waals surface area (Å²) in [6, 6.07) is 17.0. The van der Waals surface area contributed by atoms with E-state index in [4.69, 9.17) is 4.74 Å².